The highest BCUT2D eigenvalue weighted by molar-refractivity contribution is 5.93. The molecule has 0 amide bonds. The second-order valence-corrected chi connectivity index (χ2v) is 7.86. The standard InChI is InChI=1S/C20H26N6O3/c1-12(28)14-10-15(22-11-21-14)23-16-9-13-5-6-26(7-8-27)19(29)17(13)18(24-16)25-20(2,3)4/h5-6,9-12,27-28H,7-8H2,1-4H3,(H2,21,22,23,24,25). The molecular weight excluding hydrogens is 372 g/mol. The molecule has 0 saturated carbocycles. The number of hydrogen-bond acceptors (Lipinski definition) is 8. The second-order valence-electron chi connectivity index (χ2n) is 7.86. The zero-order chi connectivity index (χ0) is 21.2. The summed E-state index contributed by atoms with van der Waals surface area (Å²) in [4.78, 5) is 25.7. The first-order chi connectivity index (χ1) is 13.7. The summed E-state index contributed by atoms with van der Waals surface area (Å²) in [5, 5.41) is 26.5. The minimum Gasteiger partial charge on any atom is -0.395 e. The van der Waals surface area contributed by atoms with Gasteiger partial charge < -0.3 is 25.4 Å². The Morgan fingerprint density at radius 1 is 1.21 bits per heavy atom. The fraction of sp³-hybridized carbons (Fsp3) is 0.400. The van der Waals surface area contributed by atoms with Gasteiger partial charge in [-0.3, -0.25) is 4.79 Å². The fourth-order valence-corrected chi connectivity index (χ4v) is 2.90. The third kappa shape index (κ3) is 4.87. The van der Waals surface area contributed by atoms with Crippen LogP contribution in [0, 0.1) is 0 Å². The number of hydrogen-bond donors (Lipinski definition) is 4. The zero-order valence-corrected chi connectivity index (χ0v) is 17.0. The molecule has 0 bridgehead atoms. The van der Waals surface area contributed by atoms with Crippen LogP contribution in [0.2, 0.25) is 0 Å². The highest BCUT2D eigenvalue weighted by Gasteiger charge is 2.17. The van der Waals surface area contributed by atoms with Gasteiger partial charge in [-0.05, 0) is 45.2 Å². The number of anilines is 3. The van der Waals surface area contributed by atoms with Crippen LogP contribution in [0.4, 0.5) is 17.5 Å². The molecule has 0 fully saturated rings. The summed E-state index contributed by atoms with van der Waals surface area (Å²) in [5.41, 5.74) is -0.0548. The number of aromatic nitrogens is 4. The number of rotatable bonds is 6. The molecule has 154 valence electrons. The van der Waals surface area contributed by atoms with Gasteiger partial charge in [0.15, 0.2) is 0 Å². The molecule has 0 aliphatic carbocycles. The molecule has 0 saturated heterocycles. The summed E-state index contributed by atoms with van der Waals surface area (Å²) in [5.74, 6) is 1.43. The van der Waals surface area contributed by atoms with Crippen molar-refractivity contribution in [2.75, 3.05) is 17.2 Å². The van der Waals surface area contributed by atoms with Crippen LogP contribution in [0.3, 0.4) is 0 Å². The molecule has 9 nitrogen and oxygen atoms in total. The number of aliphatic hydroxyl groups excluding tert-OH is 2. The van der Waals surface area contributed by atoms with E-state index in [-0.39, 0.29) is 24.2 Å². The molecule has 0 aliphatic rings. The zero-order valence-electron chi connectivity index (χ0n) is 17.0. The molecule has 0 aromatic carbocycles. The van der Waals surface area contributed by atoms with E-state index < -0.39 is 6.10 Å². The average molecular weight is 398 g/mol. The molecule has 9 heteroatoms. The number of pyridine rings is 2. The van der Waals surface area contributed by atoms with Gasteiger partial charge in [-0.25, -0.2) is 15.0 Å². The van der Waals surface area contributed by atoms with E-state index in [1.807, 2.05) is 26.8 Å². The molecule has 0 radical (unpaired) electrons. The van der Waals surface area contributed by atoms with Crippen molar-refractivity contribution in [1.82, 2.24) is 19.5 Å². The van der Waals surface area contributed by atoms with Gasteiger partial charge in [-0.2, -0.15) is 0 Å². The average Bonchev–Trinajstić information content (AvgIpc) is 2.63. The Balaban J connectivity index is 2.11. The fourth-order valence-electron chi connectivity index (χ4n) is 2.90. The Labute approximate surface area is 168 Å². The van der Waals surface area contributed by atoms with Crippen molar-refractivity contribution in [2.24, 2.45) is 0 Å². The summed E-state index contributed by atoms with van der Waals surface area (Å²) in [6.07, 6.45) is 2.31. The topological polar surface area (TPSA) is 125 Å². The number of nitrogens with zero attached hydrogens (tertiary/aromatic N) is 4. The van der Waals surface area contributed by atoms with Crippen LogP contribution in [0.15, 0.2) is 35.5 Å². The van der Waals surface area contributed by atoms with Crippen molar-refractivity contribution in [2.45, 2.75) is 45.9 Å². The van der Waals surface area contributed by atoms with E-state index in [0.29, 0.717) is 33.9 Å². The van der Waals surface area contributed by atoms with Crippen molar-refractivity contribution >= 4 is 28.2 Å². The predicted molar refractivity (Wildman–Crippen MR) is 112 cm³/mol. The van der Waals surface area contributed by atoms with Gasteiger partial charge in [-0.15, -0.1) is 0 Å². The van der Waals surface area contributed by atoms with Gasteiger partial charge in [0.1, 0.15) is 23.8 Å². The summed E-state index contributed by atoms with van der Waals surface area (Å²) in [7, 11) is 0. The Bertz CT molecular complexity index is 1070. The maximum Gasteiger partial charge on any atom is 0.262 e. The van der Waals surface area contributed by atoms with Gasteiger partial charge in [0.05, 0.1) is 23.8 Å². The third-order valence-corrected chi connectivity index (χ3v) is 4.17. The largest absolute Gasteiger partial charge is 0.395 e. The molecule has 1 atom stereocenters. The van der Waals surface area contributed by atoms with Crippen molar-refractivity contribution in [3.05, 3.63) is 46.8 Å². The van der Waals surface area contributed by atoms with E-state index in [2.05, 4.69) is 25.6 Å². The Morgan fingerprint density at radius 2 is 1.97 bits per heavy atom. The lowest BCUT2D eigenvalue weighted by Crippen LogP contribution is -2.29. The van der Waals surface area contributed by atoms with Crippen LogP contribution in [0.25, 0.3) is 10.8 Å². The lowest BCUT2D eigenvalue weighted by molar-refractivity contribution is 0.194. The summed E-state index contributed by atoms with van der Waals surface area (Å²) in [6.45, 7) is 7.66. The van der Waals surface area contributed by atoms with E-state index in [0.717, 1.165) is 0 Å². The van der Waals surface area contributed by atoms with Gasteiger partial charge in [0, 0.05) is 24.3 Å². The molecule has 4 N–H and O–H groups in total. The Hall–Kier alpha value is -3.04. The quantitative estimate of drug-likeness (QED) is 0.498. The van der Waals surface area contributed by atoms with E-state index in [1.165, 1.54) is 10.9 Å². The number of fused-ring (bicyclic) bond motifs is 1. The lowest BCUT2D eigenvalue weighted by atomic mass is 10.1. The van der Waals surface area contributed by atoms with Gasteiger partial charge in [0.2, 0.25) is 0 Å². The van der Waals surface area contributed by atoms with Crippen LogP contribution >= 0.6 is 0 Å². The molecule has 3 heterocycles. The lowest BCUT2D eigenvalue weighted by Gasteiger charge is -2.23. The molecule has 3 aromatic rings. The molecule has 3 aromatic heterocycles. The van der Waals surface area contributed by atoms with Crippen LogP contribution in [-0.4, -0.2) is 41.9 Å². The van der Waals surface area contributed by atoms with E-state index in [4.69, 9.17) is 0 Å². The molecule has 1 unspecified atom stereocenters. The Kier molecular flexibility index (Phi) is 5.81. The predicted octanol–water partition coefficient (Wildman–Crippen LogP) is 2.19. The number of aliphatic hydroxyl groups is 2. The maximum atomic E-state index is 12.9. The van der Waals surface area contributed by atoms with Crippen molar-refractivity contribution < 1.29 is 10.2 Å². The molecule has 3 rings (SSSR count). The van der Waals surface area contributed by atoms with Gasteiger partial charge in [0.25, 0.3) is 5.56 Å². The smallest absolute Gasteiger partial charge is 0.262 e. The first-order valence-electron chi connectivity index (χ1n) is 9.38. The summed E-state index contributed by atoms with van der Waals surface area (Å²) < 4.78 is 1.46. The summed E-state index contributed by atoms with van der Waals surface area (Å²) >= 11 is 0. The van der Waals surface area contributed by atoms with Gasteiger partial charge in [-0.1, -0.05) is 0 Å². The second kappa shape index (κ2) is 8.14. The van der Waals surface area contributed by atoms with Gasteiger partial charge >= 0.3 is 0 Å². The van der Waals surface area contributed by atoms with Crippen LogP contribution in [0.1, 0.15) is 39.5 Å². The molecular formula is C20H26N6O3. The third-order valence-electron chi connectivity index (χ3n) is 4.17. The van der Waals surface area contributed by atoms with E-state index >= 15 is 0 Å². The monoisotopic (exact) mass is 398 g/mol. The van der Waals surface area contributed by atoms with E-state index in [1.54, 1.807) is 25.3 Å². The number of nitrogens with one attached hydrogen (secondary N) is 2. The highest BCUT2D eigenvalue weighted by Crippen LogP contribution is 2.26. The summed E-state index contributed by atoms with van der Waals surface area (Å²) in [6, 6.07) is 5.22. The van der Waals surface area contributed by atoms with E-state index in [9.17, 15) is 15.0 Å². The first-order valence-corrected chi connectivity index (χ1v) is 9.38. The Morgan fingerprint density at radius 3 is 2.62 bits per heavy atom. The maximum absolute atomic E-state index is 12.9. The van der Waals surface area contributed by atoms with Crippen LogP contribution in [-0.2, 0) is 6.54 Å². The molecule has 29 heavy (non-hydrogen) atoms. The van der Waals surface area contributed by atoms with Crippen molar-refractivity contribution in [1.29, 1.82) is 0 Å². The normalized spacial score (nSPS) is 12.8. The van der Waals surface area contributed by atoms with Crippen LogP contribution < -0.4 is 16.2 Å². The van der Waals surface area contributed by atoms with Crippen molar-refractivity contribution in [3.8, 4) is 0 Å². The van der Waals surface area contributed by atoms with Crippen molar-refractivity contribution in [3.63, 3.8) is 0 Å². The minimum atomic E-state index is -0.716. The SMILES string of the molecule is CC(O)c1cc(Nc2cc3ccn(CCO)c(=O)c3c(NC(C)(C)C)n2)ncn1. The minimum absolute atomic E-state index is 0.125. The molecule has 0 aliphatic heterocycles. The highest BCUT2D eigenvalue weighted by atomic mass is 16.3. The molecule has 0 spiro atoms. The van der Waals surface area contributed by atoms with Crippen LogP contribution in [0.5, 0.6) is 0 Å². The first kappa shape index (κ1) is 20.7.